The van der Waals surface area contributed by atoms with Gasteiger partial charge >= 0.3 is 0 Å². The highest BCUT2D eigenvalue weighted by atomic mass is 35.5. The number of benzene rings is 2. The van der Waals surface area contributed by atoms with Crippen LogP contribution in [0, 0.1) is 0 Å². The fourth-order valence-electron chi connectivity index (χ4n) is 2.40. The SMILES string of the molecule is COc1ccc(-c2nnn([C@@H](C)C(=O)Nc3cccc(Cl)c3)n2)cc1OC. The van der Waals surface area contributed by atoms with Gasteiger partial charge in [-0.05, 0) is 48.5 Å². The van der Waals surface area contributed by atoms with Crippen molar-refractivity contribution < 1.29 is 14.3 Å². The number of carbonyl (C=O) groups is 1. The highest BCUT2D eigenvalue weighted by molar-refractivity contribution is 6.30. The number of nitrogens with zero attached hydrogens (tertiary/aromatic N) is 4. The Hall–Kier alpha value is -3.13. The number of halogens is 1. The minimum atomic E-state index is -0.662. The third-order valence-corrected chi connectivity index (χ3v) is 4.12. The molecule has 0 aliphatic heterocycles. The number of hydrogen-bond acceptors (Lipinski definition) is 6. The third-order valence-electron chi connectivity index (χ3n) is 3.89. The van der Waals surface area contributed by atoms with Gasteiger partial charge in [0.1, 0.15) is 6.04 Å². The summed E-state index contributed by atoms with van der Waals surface area (Å²) in [5.74, 6) is 1.24. The van der Waals surface area contributed by atoms with Crippen LogP contribution in [0.2, 0.25) is 5.02 Å². The van der Waals surface area contributed by atoms with Crippen LogP contribution in [-0.4, -0.2) is 40.3 Å². The molecule has 3 aromatic rings. The number of tetrazole rings is 1. The standard InChI is InChI=1S/C18H18ClN5O3/c1-11(18(25)20-14-6-4-5-13(19)10-14)24-22-17(21-23-24)12-7-8-15(26-2)16(9-12)27-3/h4-11H,1-3H3,(H,20,25)/t11-/m0/s1. The van der Waals surface area contributed by atoms with Gasteiger partial charge in [0.05, 0.1) is 14.2 Å². The molecular formula is C18H18ClN5O3. The van der Waals surface area contributed by atoms with Gasteiger partial charge in [-0.25, -0.2) is 0 Å². The van der Waals surface area contributed by atoms with Crippen LogP contribution in [0.3, 0.4) is 0 Å². The van der Waals surface area contributed by atoms with Crippen LogP contribution in [0.15, 0.2) is 42.5 Å². The molecule has 2 aromatic carbocycles. The number of ether oxygens (including phenoxy) is 2. The summed E-state index contributed by atoms with van der Waals surface area (Å²) >= 11 is 5.93. The van der Waals surface area contributed by atoms with Crippen molar-refractivity contribution in [1.82, 2.24) is 20.2 Å². The summed E-state index contributed by atoms with van der Waals surface area (Å²) in [6.07, 6.45) is 0. The molecule has 0 unspecified atom stereocenters. The Morgan fingerprint density at radius 2 is 1.93 bits per heavy atom. The van der Waals surface area contributed by atoms with Gasteiger partial charge in [0, 0.05) is 16.3 Å². The van der Waals surface area contributed by atoms with Gasteiger partial charge in [-0.2, -0.15) is 4.80 Å². The fourth-order valence-corrected chi connectivity index (χ4v) is 2.59. The number of aromatic nitrogens is 4. The second kappa shape index (κ2) is 8.05. The van der Waals surface area contributed by atoms with E-state index < -0.39 is 6.04 Å². The average Bonchev–Trinajstić information content (AvgIpc) is 3.17. The molecular weight excluding hydrogens is 370 g/mol. The summed E-state index contributed by atoms with van der Waals surface area (Å²) < 4.78 is 10.5. The molecule has 0 fully saturated rings. The Bertz CT molecular complexity index is 960. The van der Waals surface area contributed by atoms with Crippen LogP contribution in [0.4, 0.5) is 5.69 Å². The van der Waals surface area contributed by atoms with Gasteiger partial charge < -0.3 is 14.8 Å². The maximum absolute atomic E-state index is 12.4. The molecule has 1 heterocycles. The molecule has 27 heavy (non-hydrogen) atoms. The fraction of sp³-hybridized carbons (Fsp3) is 0.222. The molecule has 1 amide bonds. The van der Waals surface area contributed by atoms with Crippen molar-refractivity contribution in [1.29, 1.82) is 0 Å². The van der Waals surface area contributed by atoms with Crippen LogP contribution in [0.1, 0.15) is 13.0 Å². The van der Waals surface area contributed by atoms with Gasteiger partial charge in [0.25, 0.3) is 5.91 Å². The topological polar surface area (TPSA) is 91.2 Å². The molecule has 0 radical (unpaired) electrons. The van der Waals surface area contributed by atoms with E-state index in [4.69, 9.17) is 21.1 Å². The molecule has 1 atom stereocenters. The highest BCUT2D eigenvalue weighted by Crippen LogP contribution is 2.30. The normalized spacial score (nSPS) is 11.7. The Morgan fingerprint density at radius 3 is 2.63 bits per heavy atom. The van der Waals surface area contributed by atoms with Crippen molar-refractivity contribution in [3.05, 3.63) is 47.5 Å². The van der Waals surface area contributed by atoms with Crippen LogP contribution in [0.25, 0.3) is 11.4 Å². The first-order valence-corrected chi connectivity index (χ1v) is 8.48. The summed E-state index contributed by atoms with van der Waals surface area (Å²) in [5, 5.41) is 15.6. The van der Waals surface area contributed by atoms with Crippen LogP contribution >= 0.6 is 11.6 Å². The van der Waals surface area contributed by atoms with Crippen molar-refractivity contribution in [3.63, 3.8) is 0 Å². The predicted molar refractivity (Wildman–Crippen MR) is 101 cm³/mol. The van der Waals surface area contributed by atoms with Crippen molar-refractivity contribution in [3.8, 4) is 22.9 Å². The molecule has 140 valence electrons. The molecule has 9 heteroatoms. The third kappa shape index (κ3) is 4.17. The lowest BCUT2D eigenvalue weighted by atomic mass is 10.2. The summed E-state index contributed by atoms with van der Waals surface area (Å²) in [7, 11) is 3.11. The number of methoxy groups -OCH3 is 2. The smallest absolute Gasteiger partial charge is 0.250 e. The Kier molecular flexibility index (Phi) is 5.56. The van der Waals surface area contributed by atoms with E-state index in [-0.39, 0.29) is 5.91 Å². The van der Waals surface area contributed by atoms with Crippen molar-refractivity contribution in [2.24, 2.45) is 0 Å². The maximum Gasteiger partial charge on any atom is 0.250 e. The number of carbonyl (C=O) groups excluding carboxylic acids is 1. The van der Waals surface area contributed by atoms with Crippen molar-refractivity contribution in [2.75, 3.05) is 19.5 Å². The minimum absolute atomic E-state index is 0.284. The molecule has 0 spiro atoms. The van der Waals surface area contributed by atoms with E-state index >= 15 is 0 Å². The van der Waals surface area contributed by atoms with E-state index in [0.717, 1.165) is 0 Å². The summed E-state index contributed by atoms with van der Waals surface area (Å²) in [6.45, 7) is 1.68. The first-order valence-electron chi connectivity index (χ1n) is 8.10. The largest absolute Gasteiger partial charge is 0.493 e. The zero-order valence-corrected chi connectivity index (χ0v) is 15.8. The van der Waals surface area contributed by atoms with Gasteiger partial charge in [-0.3, -0.25) is 4.79 Å². The van der Waals surface area contributed by atoms with Gasteiger partial charge in [-0.15, -0.1) is 10.2 Å². The molecule has 0 aliphatic carbocycles. The summed E-state index contributed by atoms with van der Waals surface area (Å²) in [4.78, 5) is 13.7. The zero-order chi connectivity index (χ0) is 19.4. The van der Waals surface area contributed by atoms with E-state index in [1.165, 1.54) is 4.80 Å². The number of anilines is 1. The molecule has 1 aromatic heterocycles. The summed E-state index contributed by atoms with van der Waals surface area (Å²) in [6, 6.07) is 11.5. The van der Waals surface area contributed by atoms with Gasteiger partial charge in [0.15, 0.2) is 11.5 Å². The van der Waals surface area contributed by atoms with E-state index in [1.54, 1.807) is 63.6 Å². The quantitative estimate of drug-likeness (QED) is 0.698. The van der Waals surface area contributed by atoms with E-state index in [0.29, 0.717) is 33.6 Å². The Balaban J connectivity index is 1.77. The summed E-state index contributed by atoms with van der Waals surface area (Å²) in [5.41, 5.74) is 1.29. The molecule has 0 saturated carbocycles. The van der Waals surface area contributed by atoms with Crippen molar-refractivity contribution >= 4 is 23.2 Å². The predicted octanol–water partition coefficient (Wildman–Crippen LogP) is 3.21. The van der Waals surface area contributed by atoms with E-state index in [9.17, 15) is 4.79 Å². The van der Waals surface area contributed by atoms with Gasteiger partial charge in [-0.1, -0.05) is 17.7 Å². The zero-order valence-electron chi connectivity index (χ0n) is 15.0. The van der Waals surface area contributed by atoms with Crippen LogP contribution < -0.4 is 14.8 Å². The first-order chi connectivity index (χ1) is 13.0. The highest BCUT2D eigenvalue weighted by Gasteiger charge is 2.19. The number of amides is 1. The molecule has 1 N–H and O–H groups in total. The number of nitrogens with one attached hydrogen (secondary N) is 1. The van der Waals surface area contributed by atoms with Crippen LogP contribution in [-0.2, 0) is 4.79 Å². The van der Waals surface area contributed by atoms with E-state index in [2.05, 4.69) is 20.7 Å². The average molecular weight is 388 g/mol. The second-order valence-corrected chi connectivity index (χ2v) is 6.12. The molecule has 0 aliphatic rings. The molecule has 0 bridgehead atoms. The van der Waals surface area contributed by atoms with E-state index in [1.807, 2.05) is 0 Å². The monoisotopic (exact) mass is 387 g/mol. The lowest BCUT2D eigenvalue weighted by molar-refractivity contribution is -0.119. The molecule has 0 saturated heterocycles. The second-order valence-electron chi connectivity index (χ2n) is 5.68. The molecule has 3 rings (SSSR count). The lowest BCUT2D eigenvalue weighted by Crippen LogP contribution is -2.25. The molecule has 8 nitrogen and oxygen atoms in total. The minimum Gasteiger partial charge on any atom is -0.493 e. The maximum atomic E-state index is 12.4. The first kappa shape index (κ1) is 18.7. The van der Waals surface area contributed by atoms with Crippen LogP contribution in [0.5, 0.6) is 11.5 Å². The van der Waals surface area contributed by atoms with Gasteiger partial charge in [0.2, 0.25) is 5.82 Å². The Labute approximate surface area is 161 Å². The van der Waals surface area contributed by atoms with Crippen molar-refractivity contribution in [2.45, 2.75) is 13.0 Å². The Morgan fingerprint density at radius 1 is 1.15 bits per heavy atom. The lowest BCUT2D eigenvalue weighted by Gasteiger charge is -2.11. The number of hydrogen-bond donors (Lipinski definition) is 1. The number of rotatable bonds is 6.